The van der Waals surface area contributed by atoms with Crippen LogP contribution in [0.4, 0.5) is 5.69 Å². The molecule has 31 heavy (non-hydrogen) atoms. The Morgan fingerprint density at radius 2 is 1.84 bits per heavy atom. The molecule has 168 valence electrons. The van der Waals surface area contributed by atoms with Gasteiger partial charge >= 0.3 is 0 Å². The van der Waals surface area contributed by atoms with Crippen LogP contribution in [0.1, 0.15) is 18.6 Å². The number of aliphatic hydroxyl groups is 1. The van der Waals surface area contributed by atoms with E-state index in [1.54, 1.807) is 38.5 Å². The van der Waals surface area contributed by atoms with Crippen molar-refractivity contribution in [1.82, 2.24) is 10.2 Å². The Morgan fingerprint density at radius 1 is 1.10 bits per heavy atom. The first-order valence-corrected chi connectivity index (χ1v) is 10.5. The van der Waals surface area contributed by atoms with E-state index in [-0.39, 0.29) is 6.54 Å². The number of aliphatic hydroxyl groups excluding tert-OH is 1. The van der Waals surface area contributed by atoms with Crippen LogP contribution in [-0.2, 0) is 0 Å². The predicted octanol–water partition coefficient (Wildman–Crippen LogP) is 2.23. The van der Waals surface area contributed by atoms with Crippen LogP contribution >= 0.6 is 0 Å². The Morgan fingerprint density at radius 3 is 2.48 bits per heavy atom. The largest absolute Gasteiger partial charge is 0.506 e. The molecule has 0 saturated carbocycles. The summed E-state index contributed by atoms with van der Waals surface area (Å²) in [6.45, 7) is 6.03. The molecule has 1 unspecified atom stereocenters. The minimum atomic E-state index is -0.818. The quantitative estimate of drug-likeness (QED) is 0.460. The highest BCUT2D eigenvalue weighted by molar-refractivity contribution is 5.80. The number of piperazine rings is 1. The zero-order valence-corrected chi connectivity index (χ0v) is 18.4. The van der Waals surface area contributed by atoms with Crippen LogP contribution in [0.15, 0.2) is 47.5 Å². The summed E-state index contributed by atoms with van der Waals surface area (Å²) in [5, 5.41) is 24.2. The molecule has 0 amide bonds. The molecule has 0 aliphatic carbocycles. The van der Waals surface area contributed by atoms with Crippen molar-refractivity contribution in [2.24, 2.45) is 4.99 Å². The van der Waals surface area contributed by atoms with Gasteiger partial charge in [-0.05, 0) is 37.3 Å². The van der Waals surface area contributed by atoms with Gasteiger partial charge in [-0.3, -0.25) is 4.99 Å². The molecule has 8 nitrogen and oxygen atoms in total. The topological polar surface area (TPSA) is 89.8 Å². The molecule has 1 fully saturated rings. The fraction of sp³-hybridized carbons (Fsp3) is 0.435. The summed E-state index contributed by atoms with van der Waals surface area (Å²) in [6.07, 6.45) is -0.818. The number of aliphatic imine (C=N–C) groups is 1. The molecule has 2 aromatic carbocycles. The van der Waals surface area contributed by atoms with E-state index in [2.05, 4.69) is 20.1 Å². The van der Waals surface area contributed by atoms with Crippen molar-refractivity contribution >= 4 is 11.6 Å². The van der Waals surface area contributed by atoms with Crippen LogP contribution in [0.25, 0.3) is 0 Å². The fourth-order valence-electron chi connectivity index (χ4n) is 3.69. The number of phenolic OH excluding ortho intramolecular Hbond substituents is 1. The van der Waals surface area contributed by atoms with E-state index in [1.165, 1.54) is 0 Å². The van der Waals surface area contributed by atoms with Gasteiger partial charge in [0.1, 0.15) is 23.4 Å². The zero-order valence-electron chi connectivity index (χ0n) is 18.4. The first kappa shape index (κ1) is 22.6. The number of rotatable bonds is 7. The minimum absolute atomic E-state index is 0.200. The van der Waals surface area contributed by atoms with Gasteiger partial charge in [0.05, 0.1) is 26.5 Å². The SMILES string of the molecule is CCNC(=NCC(O)c1cc(OC)ccc1OC)N1CCN(c2ccccc2O)CC1. The Kier molecular flexibility index (Phi) is 7.83. The van der Waals surface area contributed by atoms with Gasteiger partial charge < -0.3 is 34.8 Å². The molecule has 1 aliphatic heterocycles. The second kappa shape index (κ2) is 10.8. The monoisotopic (exact) mass is 428 g/mol. The Labute approximate surface area is 183 Å². The minimum Gasteiger partial charge on any atom is -0.506 e. The molecular weight excluding hydrogens is 396 g/mol. The number of aromatic hydroxyl groups is 1. The van der Waals surface area contributed by atoms with Crippen molar-refractivity contribution in [3.05, 3.63) is 48.0 Å². The van der Waals surface area contributed by atoms with Crippen molar-refractivity contribution in [3.63, 3.8) is 0 Å². The Balaban J connectivity index is 1.68. The van der Waals surface area contributed by atoms with E-state index in [0.717, 1.165) is 44.4 Å². The van der Waals surface area contributed by atoms with Crippen LogP contribution in [0.5, 0.6) is 17.2 Å². The predicted molar refractivity (Wildman–Crippen MR) is 122 cm³/mol. The highest BCUT2D eigenvalue weighted by Crippen LogP contribution is 2.30. The molecule has 1 saturated heterocycles. The maximum atomic E-state index is 10.8. The number of hydrogen-bond donors (Lipinski definition) is 3. The summed E-state index contributed by atoms with van der Waals surface area (Å²) in [7, 11) is 3.17. The first-order chi connectivity index (χ1) is 15.1. The van der Waals surface area contributed by atoms with Gasteiger partial charge in [0, 0.05) is 38.3 Å². The van der Waals surface area contributed by atoms with E-state index in [9.17, 15) is 10.2 Å². The lowest BCUT2D eigenvalue weighted by atomic mass is 10.1. The molecule has 3 N–H and O–H groups in total. The van der Waals surface area contributed by atoms with Crippen molar-refractivity contribution in [2.45, 2.75) is 13.0 Å². The van der Waals surface area contributed by atoms with E-state index in [0.29, 0.717) is 22.8 Å². The van der Waals surface area contributed by atoms with Gasteiger partial charge in [0.25, 0.3) is 0 Å². The van der Waals surface area contributed by atoms with Crippen molar-refractivity contribution < 1.29 is 19.7 Å². The van der Waals surface area contributed by atoms with E-state index in [4.69, 9.17) is 9.47 Å². The first-order valence-electron chi connectivity index (χ1n) is 10.5. The van der Waals surface area contributed by atoms with Gasteiger partial charge in [-0.2, -0.15) is 0 Å². The lowest BCUT2D eigenvalue weighted by Crippen LogP contribution is -2.52. The van der Waals surface area contributed by atoms with Gasteiger partial charge in [0.2, 0.25) is 0 Å². The van der Waals surface area contributed by atoms with Crippen molar-refractivity contribution in [2.75, 3.05) is 58.4 Å². The third kappa shape index (κ3) is 5.52. The van der Waals surface area contributed by atoms with Crippen molar-refractivity contribution in [1.29, 1.82) is 0 Å². The number of nitrogens with one attached hydrogen (secondary N) is 1. The fourth-order valence-corrected chi connectivity index (χ4v) is 3.69. The van der Waals surface area contributed by atoms with Crippen LogP contribution < -0.4 is 19.7 Å². The summed E-state index contributed by atoms with van der Waals surface area (Å²) in [6, 6.07) is 12.8. The maximum Gasteiger partial charge on any atom is 0.194 e. The van der Waals surface area contributed by atoms with Crippen LogP contribution in [-0.4, -0.2) is 74.6 Å². The molecule has 8 heteroatoms. The van der Waals surface area contributed by atoms with Crippen LogP contribution in [0.2, 0.25) is 0 Å². The number of anilines is 1. The molecule has 2 aromatic rings. The Hall–Kier alpha value is -3.13. The number of guanidine groups is 1. The summed E-state index contributed by atoms with van der Waals surface area (Å²) >= 11 is 0. The molecule has 0 aromatic heterocycles. The highest BCUT2D eigenvalue weighted by Gasteiger charge is 2.22. The second-order valence-corrected chi connectivity index (χ2v) is 7.28. The zero-order chi connectivity index (χ0) is 22.2. The van der Waals surface area contributed by atoms with Gasteiger partial charge in [-0.15, -0.1) is 0 Å². The van der Waals surface area contributed by atoms with Crippen LogP contribution in [0.3, 0.4) is 0 Å². The molecule has 0 radical (unpaired) electrons. The van der Waals surface area contributed by atoms with Gasteiger partial charge in [0.15, 0.2) is 5.96 Å². The normalized spacial score (nSPS) is 15.5. The van der Waals surface area contributed by atoms with Gasteiger partial charge in [-0.25, -0.2) is 0 Å². The molecular formula is C23H32N4O4. The van der Waals surface area contributed by atoms with E-state index >= 15 is 0 Å². The third-order valence-electron chi connectivity index (χ3n) is 5.35. The number of methoxy groups -OCH3 is 2. The highest BCUT2D eigenvalue weighted by atomic mass is 16.5. The molecule has 0 bridgehead atoms. The smallest absolute Gasteiger partial charge is 0.194 e. The lowest BCUT2D eigenvalue weighted by Gasteiger charge is -2.38. The van der Waals surface area contributed by atoms with Gasteiger partial charge in [-0.1, -0.05) is 12.1 Å². The van der Waals surface area contributed by atoms with E-state index in [1.807, 2.05) is 25.1 Å². The number of para-hydroxylation sites is 2. The third-order valence-corrected chi connectivity index (χ3v) is 5.35. The number of hydrogen-bond acceptors (Lipinski definition) is 6. The number of ether oxygens (including phenoxy) is 2. The van der Waals surface area contributed by atoms with Crippen LogP contribution in [0, 0.1) is 0 Å². The standard InChI is InChI=1S/C23H32N4O4/c1-4-24-23(25-16-21(29)18-15-17(30-2)9-10-22(18)31-3)27-13-11-26(12-14-27)19-7-5-6-8-20(19)28/h5-10,15,21,28-29H,4,11-14,16H2,1-3H3,(H,24,25). The number of phenols is 1. The number of nitrogens with zero attached hydrogens (tertiary/aromatic N) is 3. The lowest BCUT2D eigenvalue weighted by molar-refractivity contribution is 0.181. The average molecular weight is 429 g/mol. The van der Waals surface area contributed by atoms with Crippen molar-refractivity contribution in [3.8, 4) is 17.2 Å². The average Bonchev–Trinajstić information content (AvgIpc) is 2.81. The summed E-state index contributed by atoms with van der Waals surface area (Å²) in [4.78, 5) is 9.02. The second-order valence-electron chi connectivity index (χ2n) is 7.28. The molecule has 0 spiro atoms. The summed E-state index contributed by atoms with van der Waals surface area (Å²) in [5.41, 5.74) is 1.50. The Bertz CT molecular complexity index is 882. The molecule has 1 aliphatic rings. The molecule has 1 heterocycles. The summed E-state index contributed by atoms with van der Waals surface area (Å²) in [5.74, 6) is 2.32. The molecule has 3 rings (SSSR count). The molecule has 1 atom stereocenters. The maximum absolute atomic E-state index is 10.8. The summed E-state index contributed by atoms with van der Waals surface area (Å²) < 4.78 is 10.7. The van der Waals surface area contributed by atoms with E-state index < -0.39 is 6.10 Å². The number of benzene rings is 2.